The number of unbranched alkanes of at least 4 members (excludes halogenated alkanes) is 1. The number of ether oxygens (including phenoxy) is 1. The van der Waals surface area contributed by atoms with E-state index in [2.05, 4.69) is 17.2 Å². The molecule has 2 heterocycles. The van der Waals surface area contributed by atoms with E-state index in [0.717, 1.165) is 46.7 Å². The largest absolute Gasteiger partial charge is 0.481 e. The van der Waals surface area contributed by atoms with Crippen molar-refractivity contribution >= 4 is 33.7 Å². The first-order chi connectivity index (χ1) is 16.9. The lowest BCUT2D eigenvalue weighted by Gasteiger charge is -2.19. The summed E-state index contributed by atoms with van der Waals surface area (Å²) in [4.78, 5) is 39.7. The first-order valence-corrected chi connectivity index (χ1v) is 11.7. The van der Waals surface area contributed by atoms with Crippen LogP contribution in [-0.2, 0) is 22.4 Å². The van der Waals surface area contributed by atoms with Crippen LogP contribution in [0, 0.1) is 0 Å². The number of hydrogen-bond acceptors (Lipinski definition) is 5. The van der Waals surface area contributed by atoms with Gasteiger partial charge >= 0.3 is 11.6 Å². The zero-order valence-electron chi connectivity index (χ0n) is 19.7. The van der Waals surface area contributed by atoms with Crippen LogP contribution in [0.3, 0.4) is 0 Å². The summed E-state index contributed by atoms with van der Waals surface area (Å²) in [5.41, 5.74) is 2.56. The number of amides is 1. The Balaban J connectivity index is 1.46. The molecule has 0 unspecified atom stereocenters. The minimum absolute atomic E-state index is 0.124. The number of aryl methyl sites for hydroxylation is 1. The fraction of sp³-hybridized carbons (Fsp3) is 0.296. The summed E-state index contributed by atoms with van der Waals surface area (Å²) in [5.74, 6) is -1.35. The molecule has 4 rings (SSSR count). The summed E-state index contributed by atoms with van der Waals surface area (Å²) in [7, 11) is 0. The van der Waals surface area contributed by atoms with Gasteiger partial charge in [0.25, 0.3) is 5.91 Å². The molecule has 2 aromatic carbocycles. The molecule has 4 aromatic rings. The van der Waals surface area contributed by atoms with Crippen molar-refractivity contribution in [1.29, 1.82) is 0 Å². The number of para-hydroxylation sites is 1. The molecule has 0 spiro atoms. The average molecular weight is 477 g/mol. The average Bonchev–Trinajstić information content (AvgIpc) is 3.24. The van der Waals surface area contributed by atoms with Crippen LogP contribution in [0.5, 0.6) is 5.75 Å². The normalized spacial score (nSPS) is 13.0. The van der Waals surface area contributed by atoms with Crippen molar-refractivity contribution < 1.29 is 23.8 Å². The second-order valence-corrected chi connectivity index (χ2v) is 8.58. The van der Waals surface area contributed by atoms with Gasteiger partial charge in [-0.05, 0) is 49.1 Å². The van der Waals surface area contributed by atoms with E-state index < -0.39 is 29.6 Å². The van der Waals surface area contributed by atoms with Gasteiger partial charge in [-0.15, -0.1) is 0 Å². The molecule has 8 heteroatoms. The van der Waals surface area contributed by atoms with E-state index in [1.807, 2.05) is 24.3 Å². The van der Waals surface area contributed by atoms with Gasteiger partial charge in [0, 0.05) is 41.0 Å². The summed E-state index contributed by atoms with van der Waals surface area (Å²) in [6.45, 7) is 3.62. The lowest BCUT2D eigenvalue weighted by atomic mass is 10.0. The number of benzene rings is 2. The molecule has 2 aromatic heterocycles. The van der Waals surface area contributed by atoms with Gasteiger partial charge in [0.2, 0.25) is 0 Å². The van der Waals surface area contributed by atoms with E-state index in [9.17, 15) is 19.5 Å². The molecule has 0 saturated carbocycles. The van der Waals surface area contributed by atoms with Crippen LogP contribution in [0.4, 0.5) is 0 Å². The lowest BCUT2D eigenvalue weighted by Crippen LogP contribution is -2.47. The number of rotatable bonds is 10. The Labute approximate surface area is 201 Å². The monoisotopic (exact) mass is 476 g/mol. The number of carboxylic acid groups (broad SMARTS) is 1. The summed E-state index contributed by atoms with van der Waals surface area (Å²) < 4.78 is 11.1. The van der Waals surface area contributed by atoms with Crippen molar-refractivity contribution in [2.75, 3.05) is 0 Å². The fourth-order valence-electron chi connectivity index (χ4n) is 4.12. The quantitative estimate of drug-likeness (QED) is 0.295. The zero-order valence-corrected chi connectivity index (χ0v) is 19.7. The molecule has 0 aliphatic rings. The van der Waals surface area contributed by atoms with Gasteiger partial charge in [0.05, 0.1) is 0 Å². The Bertz CT molecular complexity index is 1420. The minimum Gasteiger partial charge on any atom is -0.481 e. The zero-order chi connectivity index (χ0) is 24.9. The van der Waals surface area contributed by atoms with Gasteiger partial charge in [-0.2, -0.15) is 0 Å². The van der Waals surface area contributed by atoms with E-state index in [1.165, 1.54) is 13.0 Å². The standard InChI is InChI=1S/C27H28N2O6/c1-3-4-7-17-13-25(30)35-24-14-19(10-11-21(17)24)34-16(2)26(31)29-23(27(32)33)12-18-15-28-22-9-6-5-8-20(18)22/h5-6,8-11,13-16,23,28H,3-4,7,12H2,1-2H3,(H,29,31)(H,32,33)/t16-,23-/m0/s1. The first kappa shape index (κ1) is 24.1. The highest BCUT2D eigenvalue weighted by Crippen LogP contribution is 2.25. The van der Waals surface area contributed by atoms with Crippen molar-refractivity contribution in [2.45, 2.75) is 51.7 Å². The molecule has 182 valence electrons. The number of fused-ring (bicyclic) bond motifs is 2. The van der Waals surface area contributed by atoms with Crippen LogP contribution < -0.4 is 15.7 Å². The maximum absolute atomic E-state index is 12.8. The third-order valence-corrected chi connectivity index (χ3v) is 6.00. The number of aromatic amines is 1. The molecule has 2 atom stereocenters. The molecule has 0 aliphatic carbocycles. The topological polar surface area (TPSA) is 122 Å². The van der Waals surface area contributed by atoms with E-state index in [4.69, 9.17) is 9.15 Å². The van der Waals surface area contributed by atoms with E-state index in [-0.39, 0.29) is 6.42 Å². The van der Waals surface area contributed by atoms with Crippen molar-refractivity contribution in [1.82, 2.24) is 10.3 Å². The van der Waals surface area contributed by atoms with E-state index in [0.29, 0.717) is 11.3 Å². The van der Waals surface area contributed by atoms with Crippen LogP contribution in [0.15, 0.2) is 63.9 Å². The fourth-order valence-corrected chi connectivity index (χ4v) is 4.12. The Morgan fingerprint density at radius 3 is 2.69 bits per heavy atom. The van der Waals surface area contributed by atoms with Crippen molar-refractivity contribution in [2.24, 2.45) is 0 Å². The molecule has 0 fully saturated rings. The first-order valence-electron chi connectivity index (χ1n) is 11.7. The molecular weight excluding hydrogens is 448 g/mol. The SMILES string of the molecule is CCCCc1cc(=O)oc2cc(O[C@@H](C)C(=O)N[C@@H](Cc3c[nH]c4ccccc34)C(=O)O)ccc12. The number of hydrogen-bond donors (Lipinski definition) is 3. The van der Waals surface area contributed by atoms with Gasteiger partial charge in [-0.3, -0.25) is 4.79 Å². The molecule has 8 nitrogen and oxygen atoms in total. The Morgan fingerprint density at radius 2 is 1.91 bits per heavy atom. The summed E-state index contributed by atoms with van der Waals surface area (Å²) >= 11 is 0. The van der Waals surface area contributed by atoms with E-state index >= 15 is 0 Å². The molecule has 0 radical (unpaired) electrons. The molecule has 1 amide bonds. The lowest BCUT2D eigenvalue weighted by molar-refractivity contribution is -0.142. The highest BCUT2D eigenvalue weighted by molar-refractivity contribution is 5.88. The summed E-state index contributed by atoms with van der Waals surface area (Å²) in [6.07, 6.45) is 3.64. The van der Waals surface area contributed by atoms with Gasteiger partial charge in [0.1, 0.15) is 17.4 Å². The van der Waals surface area contributed by atoms with Crippen LogP contribution in [0.25, 0.3) is 21.9 Å². The van der Waals surface area contributed by atoms with Crippen LogP contribution in [0.2, 0.25) is 0 Å². The predicted octanol–water partition coefficient (Wildman–Crippen LogP) is 4.20. The second-order valence-electron chi connectivity index (χ2n) is 8.58. The number of nitrogens with one attached hydrogen (secondary N) is 2. The van der Waals surface area contributed by atoms with Crippen molar-refractivity contribution in [3.63, 3.8) is 0 Å². The van der Waals surface area contributed by atoms with Gasteiger partial charge in [0.15, 0.2) is 6.10 Å². The maximum atomic E-state index is 12.8. The van der Waals surface area contributed by atoms with Crippen LogP contribution in [-0.4, -0.2) is 34.1 Å². The van der Waals surface area contributed by atoms with E-state index in [1.54, 1.807) is 24.4 Å². The number of aliphatic carboxylic acids is 1. The Hall–Kier alpha value is -4.07. The molecule has 0 bridgehead atoms. The van der Waals surface area contributed by atoms with Crippen molar-refractivity contribution in [3.8, 4) is 5.75 Å². The molecule has 0 saturated heterocycles. The van der Waals surface area contributed by atoms with Gasteiger partial charge in [-0.1, -0.05) is 31.5 Å². The van der Waals surface area contributed by atoms with Crippen molar-refractivity contribution in [3.05, 3.63) is 76.3 Å². The molecular formula is C27H28N2O6. The number of aromatic nitrogens is 1. The minimum atomic E-state index is -1.14. The van der Waals surface area contributed by atoms with Gasteiger partial charge < -0.3 is 24.6 Å². The smallest absolute Gasteiger partial charge is 0.336 e. The molecule has 0 aliphatic heterocycles. The Morgan fingerprint density at radius 1 is 1.11 bits per heavy atom. The number of carbonyl (C=O) groups excluding carboxylic acids is 1. The molecule has 35 heavy (non-hydrogen) atoms. The summed E-state index contributed by atoms with van der Waals surface area (Å²) in [6, 6.07) is 13.1. The third-order valence-electron chi connectivity index (χ3n) is 6.00. The number of carbonyl (C=O) groups is 2. The Kier molecular flexibility index (Phi) is 7.19. The summed E-state index contributed by atoms with van der Waals surface area (Å²) in [5, 5.41) is 14.0. The predicted molar refractivity (Wildman–Crippen MR) is 133 cm³/mol. The van der Waals surface area contributed by atoms with Crippen LogP contribution in [0.1, 0.15) is 37.8 Å². The number of H-pyrrole nitrogens is 1. The highest BCUT2D eigenvalue weighted by atomic mass is 16.5. The maximum Gasteiger partial charge on any atom is 0.336 e. The molecule has 3 N–H and O–H groups in total. The second kappa shape index (κ2) is 10.5. The highest BCUT2D eigenvalue weighted by Gasteiger charge is 2.25. The van der Waals surface area contributed by atoms with Crippen LogP contribution >= 0.6 is 0 Å². The number of carboxylic acids is 1. The van der Waals surface area contributed by atoms with Gasteiger partial charge in [-0.25, -0.2) is 9.59 Å². The third kappa shape index (κ3) is 5.54.